The molecule has 0 spiro atoms. The van der Waals surface area contributed by atoms with E-state index in [2.05, 4.69) is 5.32 Å². The summed E-state index contributed by atoms with van der Waals surface area (Å²) < 4.78 is 4.97. The van der Waals surface area contributed by atoms with Gasteiger partial charge < -0.3 is 15.0 Å². The van der Waals surface area contributed by atoms with Crippen LogP contribution in [0, 0.1) is 0 Å². The van der Waals surface area contributed by atoms with E-state index >= 15 is 0 Å². The zero-order valence-corrected chi connectivity index (χ0v) is 12.2. The van der Waals surface area contributed by atoms with E-state index in [-0.39, 0.29) is 18.3 Å². The van der Waals surface area contributed by atoms with E-state index in [0.717, 1.165) is 37.6 Å². The van der Waals surface area contributed by atoms with Gasteiger partial charge in [0, 0.05) is 57.8 Å². The number of hydrogen-bond donors (Lipinski definition) is 1. The molecule has 1 heterocycles. The highest BCUT2D eigenvalue weighted by atomic mass is 35.5. The summed E-state index contributed by atoms with van der Waals surface area (Å²) >= 11 is 1.92. The molecule has 1 aliphatic rings. The molecule has 1 aliphatic heterocycles. The maximum absolute atomic E-state index is 11.8. The standard InChI is InChI=1S/C11H22N2O2S.ClH/c1-13(5-3-6-15-2)11(14)8-10-9-16-7-4-12-10;/h10,12H,3-9H2,1-2H3;1H. The fourth-order valence-corrected chi connectivity index (χ4v) is 2.64. The van der Waals surface area contributed by atoms with Gasteiger partial charge in [-0.15, -0.1) is 12.4 Å². The van der Waals surface area contributed by atoms with Crippen LogP contribution in [0.15, 0.2) is 0 Å². The minimum absolute atomic E-state index is 0. The summed E-state index contributed by atoms with van der Waals surface area (Å²) in [5, 5.41) is 3.38. The van der Waals surface area contributed by atoms with Crippen LogP contribution in [0.2, 0.25) is 0 Å². The van der Waals surface area contributed by atoms with Crippen molar-refractivity contribution < 1.29 is 9.53 Å². The van der Waals surface area contributed by atoms with Crippen LogP contribution < -0.4 is 5.32 Å². The molecular weight excluding hydrogens is 260 g/mol. The summed E-state index contributed by atoms with van der Waals surface area (Å²) in [6, 6.07) is 0.358. The lowest BCUT2D eigenvalue weighted by Crippen LogP contribution is -2.42. The summed E-state index contributed by atoms with van der Waals surface area (Å²) in [4.78, 5) is 13.6. The highest BCUT2D eigenvalue weighted by molar-refractivity contribution is 7.99. The monoisotopic (exact) mass is 282 g/mol. The molecule has 1 atom stereocenters. The van der Waals surface area contributed by atoms with Crippen molar-refractivity contribution in [3.63, 3.8) is 0 Å². The quantitative estimate of drug-likeness (QED) is 0.738. The number of carbonyl (C=O) groups excluding carboxylic acids is 1. The van der Waals surface area contributed by atoms with Crippen LogP contribution in [0.1, 0.15) is 12.8 Å². The van der Waals surface area contributed by atoms with E-state index in [1.807, 2.05) is 18.8 Å². The normalized spacial score (nSPS) is 19.5. The zero-order valence-electron chi connectivity index (χ0n) is 10.6. The molecule has 0 saturated carbocycles. The Balaban J connectivity index is 0.00000256. The van der Waals surface area contributed by atoms with E-state index in [4.69, 9.17) is 4.74 Å². The molecule has 1 rings (SSSR count). The number of rotatable bonds is 6. The maximum Gasteiger partial charge on any atom is 0.223 e. The molecule has 102 valence electrons. The fourth-order valence-electron chi connectivity index (χ4n) is 1.69. The van der Waals surface area contributed by atoms with E-state index in [1.165, 1.54) is 0 Å². The minimum Gasteiger partial charge on any atom is -0.385 e. The molecule has 0 aromatic heterocycles. The van der Waals surface area contributed by atoms with Crippen molar-refractivity contribution in [1.82, 2.24) is 10.2 Å². The maximum atomic E-state index is 11.8. The first-order valence-corrected chi connectivity index (χ1v) is 6.93. The van der Waals surface area contributed by atoms with Gasteiger partial charge in [0.15, 0.2) is 0 Å². The third-order valence-electron chi connectivity index (χ3n) is 2.69. The number of hydrogen-bond acceptors (Lipinski definition) is 4. The Morgan fingerprint density at radius 2 is 2.35 bits per heavy atom. The molecular formula is C11H23ClN2O2S. The number of methoxy groups -OCH3 is 1. The van der Waals surface area contributed by atoms with Crippen molar-refractivity contribution in [2.24, 2.45) is 0 Å². The van der Waals surface area contributed by atoms with Crippen molar-refractivity contribution in [3.05, 3.63) is 0 Å². The largest absolute Gasteiger partial charge is 0.385 e. The summed E-state index contributed by atoms with van der Waals surface area (Å²) in [6.45, 7) is 2.53. The van der Waals surface area contributed by atoms with E-state index in [0.29, 0.717) is 12.5 Å². The van der Waals surface area contributed by atoms with Crippen molar-refractivity contribution in [2.45, 2.75) is 18.9 Å². The molecule has 0 aromatic rings. The van der Waals surface area contributed by atoms with E-state index in [1.54, 1.807) is 12.0 Å². The van der Waals surface area contributed by atoms with Gasteiger partial charge in [0.05, 0.1) is 0 Å². The lowest BCUT2D eigenvalue weighted by molar-refractivity contribution is -0.130. The topological polar surface area (TPSA) is 41.6 Å². The van der Waals surface area contributed by atoms with Gasteiger partial charge in [0.1, 0.15) is 0 Å². The summed E-state index contributed by atoms with van der Waals surface area (Å²) in [6.07, 6.45) is 1.53. The molecule has 1 unspecified atom stereocenters. The Kier molecular flexibility index (Phi) is 10.0. The second kappa shape index (κ2) is 10.00. The first-order chi connectivity index (χ1) is 7.74. The molecule has 0 radical (unpaired) electrons. The Labute approximate surface area is 114 Å². The van der Waals surface area contributed by atoms with Crippen molar-refractivity contribution in [1.29, 1.82) is 0 Å². The van der Waals surface area contributed by atoms with Crippen molar-refractivity contribution in [3.8, 4) is 0 Å². The molecule has 0 aromatic carbocycles. The second-order valence-electron chi connectivity index (χ2n) is 4.09. The lowest BCUT2D eigenvalue weighted by atomic mass is 10.2. The van der Waals surface area contributed by atoms with Gasteiger partial charge in [-0.1, -0.05) is 0 Å². The van der Waals surface area contributed by atoms with E-state index in [9.17, 15) is 4.79 Å². The van der Waals surface area contributed by atoms with Crippen LogP contribution >= 0.6 is 24.2 Å². The average Bonchev–Trinajstić information content (AvgIpc) is 2.30. The number of amides is 1. The SMILES string of the molecule is COCCCN(C)C(=O)CC1CSCCN1.Cl. The van der Waals surface area contributed by atoms with Gasteiger partial charge in [-0.05, 0) is 6.42 Å². The summed E-state index contributed by atoms with van der Waals surface area (Å²) in [7, 11) is 3.55. The third-order valence-corrected chi connectivity index (χ3v) is 3.82. The number of ether oxygens (including phenoxy) is 1. The smallest absolute Gasteiger partial charge is 0.223 e. The number of carbonyl (C=O) groups is 1. The van der Waals surface area contributed by atoms with E-state index < -0.39 is 0 Å². The highest BCUT2D eigenvalue weighted by Gasteiger charge is 2.18. The second-order valence-corrected chi connectivity index (χ2v) is 5.24. The molecule has 1 saturated heterocycles. The molecule has 6 heteroatoms. The van der Waals surface area contributed by atoms with Crippen LogP contribution in [0.5, 0.6) is 0 Å². The Bertz CT molecular complexity index is 214. The summed E-state index contributed by atoms with van der Waals surface area (Å²) in [5.41, 5.74) is 0. The van der Waals surface area contributed by atoms with Crippen molar-refractivity contribution >= 4 is 30.1 Å². The van der Waals surface area contributed by atoms with Crippen LogP contribution in [0.3, 0.4) is 0 Å². The van der Waals surface area contributed by atoms with Crippen LogP contribution in [0.25, 0.3) is 0 Å². The summed E-state index contributed by atoms with van der Waals surface area (Å²) in [5.74, 6) is 2.45. The number of thioether (sulfide) groups is 1. The Morgan fingerprint density at radius 3 is 2.94 bits per heavy atom. The van der Waals surface area contributed by atoms with Crippen LogP contribution in [-0.2, 0) is 9.53 Å². The molecule has 1 amide bonds. The van der Waals surface area contributed by atoms with Gasteiger partial charge in [0.25, 0.3) is 0 Å². The first-order valence-electron chi connectivity index (χ1n) is 5.78. The number of halogens is 1. The predicted octanol–water partition coefficient (Wildman–Crippen LogP) is 0.998. The van der Waals surface area contributed by atoms with Crippen LogP contribution in [-0.4, -0.2) is 62.2 Å². The molecule has 0 bridgehead atoms. The van der Waals surface area contributed by atoms with Gasteiger partial charge in [-0.25, -0.2) is 0 Å². The molecule has 0 aliphatic carbocycles. The molecule has 1 fully saturated rings. The van der Waals surface area contributed by atoms with Gasteiger partial charge in [-0.3, -0.25) is 4.79 Å². The van der Waals surface area contributed by atoms with Crippen molar-refractivity contribution in [2.75, 3.05) is 45.4 Å². The average molecular weight is 283 g/mol. The predicted molar refractivity (Wildman–Crippen MR) is 75.1 cm³/mol. The van der Waals surface area contributed by atoms with Crippen LogP contribution in [0.4, 0.5) is 0 Å². The Hall–Kier alpha value is 0.0300. The fraction of sp³-hybridized carbons (Fsp3) is 0.909. The Morgan fingerprint density at radius 1 is 1.59 bits per heavy atom. The zero-order chi connectivity index (χ0) is 11.8. The lowest BCUT2D eigenvalue weighted by Gasteiger charge is -2.25. The minimum atomic E-state index is 0. The molecule has 1 N–H and O–H groups in total. The number of nitrogens with one attached hydrogen (secondary N) is 1. The molecule has 17 heavy (non-hydrogen) atoms. The van der Waals surface area contributed by atoms with Gasteiger partial charge in [-0.2, -0.15) is 11.8 Å². The molecule has 4 nitrogen and oxygen atoms in total. The highest BCUT2D eigenvalue weighted by Crippen LogP contribution is 2.11. The van der Waals surface area contributed by atoms with Gasteiger partial charge in [0.2, 0.25) is 5.91 Å². The first kappa shape index (κ1) is 17.0. The third kappa shape index (κ3) is 7.13. The number of nitrogens with zero attached hydrogens (tertiary/aromatic N) is 1. The van der Waals surface area contributed by atoms with Gasteiger partial charge >= 0.3 is 0 Å².